The molecular weight excluding hydrogens is 446 g/mol. The Hall–Kier alpha value is -3.32. The first-order chi connectivity index (χ1) is 14.5. The van der Waals surface area contributed by atoms with Gasteiger partial charge in [0.15, 0.2) is 0 Å². The molecule has 1 saturated heterocycles. The first-order valence-electron chi connectivity index (χ1n) is 9.31. The highest BCUT2D eigenvalue weighted by Crippen LogP contribution is 2.40. The fourth-order valence-electron chi connectivity index (χ4n) is 3.57. The monoisotopic (exact) mass is 463 g/mol. The zero-order valence-corrected chi connectivity index (χ0v) is 17.7. The summed E-state index contributed by atoms with van der Waals surface area (Å²) in [4.78, 5) is 35.5. The molecule has 1 N–H and O–H groups in total. The number of hydrogen-bond donors (Lipinski definition) is 1. The van der Waals surface area contributed by atoms with E-state index >= 15 is 0 Å². The van der Waals surface area contributed by atoms with Gasteiger partial charge in [-0.05, 0) is 60.0 Å². The normalized spacial score (nSPS) is 18.1. The number of pyridine rings is 2. The Bertz CT molecular complexity index is 1150. The van der Waals surface area contributed by atoms with E-state index in [2.05, 4.69) is 25.9 Å². The van der Waals surface area contributed by atoms with E-state index < -0.39 is 17.7 Å². The predicted octanol–water partition coefficient (Wildman–Crippen LogP) is 4.17. The van der Waals surface area contributed by atoms with Gasteiger partial charge in [-0.1, -0.05) is 22.0 Å². The molecule has 3 aromatic rings. The lowest BCUT2D eigenvalue weighted by molar-refractivity contribution is -0.140. The molecule has 3 heterocycles. The zero-order valence-electron chi connectivity index (χ0n) is 16.1. The highest BCUT2D eigenvalue weighted by Gasteiger charge is 2.46. The van der Waals surface area contributed by atoms with E-state index in [9.17, 15) is 14.7 Å². The van der Waals surface area contributed by atoms with Gasteiger partial charge in [0.05, 0.1) is 11.6 Å². The summed E-state index contributed by atoms with van der Waals surface area (Å²) in [6.45, 7) is 2.11. The smallest absolute Gasteiger partial charge is 0.295 e. The second-order valence-electron chi connectivity index (χ2n) is 7.03. The number of nitrogens with zero attached hydrogens (tertiary/aromatic N) is 3. The molecule has 1 aliphatic rings. The van der Waals surface area contributed by atoms with Crippen LogP contribution in [0.2, 0.25) is 0 Å². The third-order valence-corrected chi connectivity index (χ3v) is 5.99. The molecule has 0 saturated carbocycles. The van der Waals surface area contributed by atoms with Crippen molar-refractivity contribution in [2.75, 3.05) is 0 Å². The Kier molecular flexibility index (Phi) is 5.46. The number of rotatable bonds is 4. The van der Waals surface area contributed by atoms with E-state index in [1.165, 1.54) is 4.90 Å². The van der Waals surface area contributed by atoms with Crippen LogP contribution in [0.4, 0.5) is 0 Å². The molecule has 30 heavy (non-hydrogen) atoms. The Morgan fingerprint density at radius 3 is 2.30 bits per heavy atom. The lowest BCUT2D eigenvalue weighted by Gasteiger charge is -2.25. The van der Waals surface area contributed by atoms with Gasteiger partial charge in [-0.25, -0.2) is 0 Å². The van der Waals surface area contributed by atoms with E-state index in [1.807, 2.05) is 6.92 Å². The minimum absolute atomic E-state index is 0.0713. The summed E-state index contributed by atoms with van der Waals surface area (Å²) in [7, 11) is 0. The summed E-state index contributed by atoms with van der Waals surface area (Å²) in [5, 5.41) is 11.1. The van der Waals surface area contributed by atoms with Crippen molar-refractivity contribution in [3.05, 3.63) is 99.6 Å². The molecule has 1 fully saturated rings. The summed E-state index contributed by atoms with van der Waals surface area (Å²) < 4.78 is 0.892. The number of aliphatic hydroxyl groups excluding tert-OH is 1. The number of carbonyl (C=O) groups excluding carboxylic acids is 2. The van der Waals surface area contributed by atoms with E-state index in [4.69, 9.17) is 0 Å². The van der Waals surface area contributed by atoms with Gasteiger partial charge >= 0.3 is 0 Å². The highest BCUT2D eigenvalue weighted by molar-refractivity contribution is 9.10. The van der Waals surface area contributed by atoms with Crippen LogP contribution >= 0.6 is 15.9 Å². The van der Waals surface area contributed by atoms with Gasteiger partial charge in [0, 0.05) is 41.4 Å². The first kappa shape index (κ1) is 20.0. The van der Waals surface area contributed by atoms with E-state index in [-0.39, 0.29) is 17.9 Å². The Morgan fingerprint density at radius 1 is 1.03 bits per heavy atom. The van der Waals surface area contributed by atoms with E-state index in [1.54, 1.807) is 67.3 Å². The standard InChI is InChI=1S/C23H18BrN3O3/c1-14-12-17(2-3-18(14)24)21(28)19-20(16-6-10-26-11-7-16)27(23(30)22(19)29)13-15-4-8-25-9-5-15/h2-12,20,28H,13H2,1H3/b21-19-. The lowest BCUT2D eigenvalue weighted by atomic mass is 9.95. The number of Topliss-reactive ketones (excluding diaryl/α,β-unsaturated/α-hetero) is 1. The molecule has 1 aliphatic heterocycles. The second kappa shape index (κ2) is 8.20. The quantitative estimate of drug-likeness (QED) is 0.356. The molecule has 0 bridgehead atoms. The average molecular weight is 464 g/mol. The average Bonchev–Trinajstić information content (AvgIpc) is 3.01. The topological polar surface area (TPSA) is 83.4 Å². The van der Waals surface area contributed by atoms with Crippen molar-refractivity contribution in [3.8, 4) is 0 Å². The van der Waals surface area contributed by atoms with Gasteiger partial charge in [0.2, 0.25) is 0 Å². The van der Waals surface area contributed by atoms with Crippen LogP contribution in [0.1, 0.15) is 28.3 Å². The molecule has 1 atom stereocenters. The van der Waals surface area contributed by atoms with Crippen LogP contribution in [-0.4, -0.2) is 31.7 Å². The maximum atomic E-state index is 13.0. The third kappa shape index (κ3) is 3.64. The number of amides is 1. The molecule has 1 aromatic carbocycles. The number of aryl methyl sites for hydroxylation is 1. The van der Waals surface area contributed by atoms with Gasteiger partial charge in [0.1, 0.15) is 5.76 Å². The first-order valence-corrected chi connectivity index (χ1v) is 10.1. The van der Waals surface area contributed by atoms with Crippen molar-refractivity contribution in [2.45, 2.75) is 19.5 Å². The number of benzene rings is 1. The maximum absolute atomic E-state index is 13.0. The Morgan fingerprint density at radius 2 is 1.67 bits per heavy atom. The van der Waals surface area contributed by atoms with Crippen LogP contribution in [0, 0.1) is 6.92 Å². The molecule has 1 unspecified atom stereocenters. The van der Waals surface area contributed by atoms with Crippen LogP contribution in [0.15, 0.2) is 77.3 Å². The summed E-state index contributed by atoms with van der Waals surface area (Å²) in [6, 6.07) is 11.7. The minimum Gasteiger partial charge on any atom is -0.507 e. The zero-order chi connectivity index (χ0) is 21.3. The second-order valence-corrected chi connectivity index (χ2v) is 7.88. The summed E-state index contributed by atoms with van der Waals surface area (Å²) >= 11 is 3.44. The van der Waals surface area contributed by atoms with Gasteiger partial charge in [-0.3, -0.25) is 19.6 Å². The summed E-state index contributed by atoms with van der Waals surface area (Å²) in [5.74, 6) is -1.55. The van der Waals surface area contributed by atoms with Gasteiger partial charge in [-0.15, -0.1) is 0 Å². The Labute approximate surface area is 182 Å². The van der Waals surface area contributed by atoms with Crippen LogP contribution < -0.4 is 0 Å². The fourth-order valence-corrected chi connectivity index (χ4v) is 3.81. The van der Waals surface area contributed by atoms with Crippen molar-refractivity contribution in [3.63, 3.8) is 0 Å². The minimum atomic E-state index is -0.717. The number of ketones is 1. The van der Waals surface area contributed by atoms with Crippen molar-refractivity contribution in [2.24, 2.45) is 0 Å². The van der Waals surface area contributed by atoms with Gasteiger partial charge in [0.25, 0.3) is 11.7 Å². The molecule has 7 heteroatoms. The molecule has 150 valence electrons. The fraction of sp³-hybridized carbons (Fsp3) is 0.130. The van der Waals surface area contributed by atoms with Crippen molar-refractivity contribution in [1.82, 2.24) is 14.9 Å². The van der Waals surface area contributed by atoms with Crippen LogP contribution in [0.25, 0.3) is 5.76 Å². The van der Waals surface area contributed by atoms with E-state index in [0.717, 1.165) is 15.6 Å². The molecule has 0 aliphatic carbocycles. The number of halogens is 1. The predicted molar refractivity (Wildman–Crippen MR) is 115 cm³/mol. The number of carbonyl (C=O) groups is 2. The highest BCUT2D eigenvalue weighted by atomic mass is 79.9. The molecule has 6 nitrogen and oxygen atoms in total. The van der Waals surface area contributed by atoms with Crippen LogP contribution in [-0.2, 0) is 16.1 Å². The van der Waals surface area contributed by atoms with Crippen LogP contribution in [0.3, 0.4) is 0 Å². The van der Waals surface area contributed by atoms with Gasteiger partial charge < -0.3 is 10.0 Å². The van der Waals surface area contributed by atoms with Crippen molar-refractivity contribution >= 4 is 33.4 Å². The molecule has 4 rings (SSSR count). The van der Waals surface area contributed by atoms with E-state index in [0.29, 0.717) is 11.1 Å². The SMILES string of the molecule is Cc1cc(/C(O)=C2/C(=O)C(=O)N(Cc3ccncc3)C2c2ccncc2)ccc1Br. The third-order valence-electron chi connectivity index (χ3n) is 5.10. The van der Waals surface area contributed by atoms with Crippen molar-refractivity contribution < 1.29 is 14.7 Å². The maximum Gasteiger partial charge on any atom is 0.295 e. The van der Waals surface area contributed by atoms with Crippen molar-refractivity contribution in [1.29, 1.82) is 0 Å². The Balaban J connectivity index is 1.86. The molecular formula is C23H18BrN3O3. The molecule has 1 amide bonds. The number of aliphatic hydroxyl groups is 1. The summed E-state index contributed by atoms with van der Waals surface area (Å²) in [5.41, 5.74) is 3.00. The summed E-state index contributed by atoms with van der Waals surface area (Å²) in [6.07, 6.45) is 6.48. The molecule has 2 aromatic heterocycles. The number of likely N-dealkylation sites (tertiary alicyclic amines) is 1. The lowest BCUT2D eigenvalue weighted by Crippen LogP contribution is -2.29. The molecule has 0 spiro atoms. The number of hydrogen-bond acceptors (Lipinski definition) is 5. The van der Waals surface area contributed by atoms with Crippen LogP contribution in [0.5, 0.6) is 0 Å². The molecule has 0 radical (unpaired) electrons. The largest absolute Gasteiger partial charge is 0.507 e. The van der Waals surface area contributed by atoms with Gasteiger partial charge in [-0.2, -0.15) is 0 Å². The number of aromatic nitrogens is 2.